The van der Waals surface area contributed by atoms with Crippen molar-refractivity contribution in [3.8, 4) is 5.75 Å². The Morgan fingerprint density at radius 2 is 1.65 bits per heavy atom. The number of hydrogen-bond donors (Lipinski definition) is 6. The summed E-state index contributed by atoms with van der Waals surface area (Å²) < 4.78 is 21.8. The summed E-state index contributed by atoms with van der Waals surface area (Å²) in [6.07, 6.45) is -13.9. The maximum absolute atomic E-state index is 10.7. The van der Waals surface area contributed by atoms with Crippen LogP contribution in [-0.2, 0) is 14.2 Å². The van der Waals surface area contributed by atoms with Crippen LogP contribution in [0.1, 0.15) is 6.92 Å². The van der Waals surface area contributed by atoms with Crippen LogP contribution < -0.4 is 4.74 Å². The van der Waals surface area contributed by atoms with E-state index in [1.807, 2.05) is 0 Å². The molecule has 2 aliphatic heterocycles. The van der Waals surface area contributed by atoms with E-state index in [2.05, 4.69) is 0 Å². The third-order valence-corrected chi connectivity index (χ3v) is 5.12. The molecule has 3 rings (SSSR count). The molecule has 31 heavy (non-hydrogen) atoms. The number of aliphatic hydroxyl groups excluding tert-OH is 6. The molecule has 1 aromatic carbocycles. The lowest BCUT2D eigenvalue weighted by Gasteiger charge is -2.27. The lowest BCUT2D eigenvalue weighted by molar-refractivity contribution is -0.384. The van der Waals surface area contributed by atoms with Crippen molar-refractivity contribution in [2.24, 2.45) is 0 Å². The number of hydrogen-bond acceptors (Lipinski definition) is 12. The number of nitrogens with zero attached hydrogens (tertiary/aromatic N) is 1. The van der Waals surface area contributed by atoms with E-state index in [1.54, 1.807) is 0 Å². The molecular formula is C18H25NO12. The summed E-state index contributed by atoms with van der Waals surface area (Å²) in [5.41, 5.74) is -0.173. The second-order valence-corrected chi connectivity index (χ2v) is 7.37. The van der Waals surface area contributed by atoms with Gasteiger partial charge in [-0.1, -0.05) is 0 Å². The van der Waals surface area contributed by atoms with Gasteiger partial charge in [-0.3, -0.25) is 10.1 Å². The van der Waals surface area contributed by atoms with Crippen LogP contribution in [-0.4, -0.2) is 104 Å². The SMILES string of the molecule is C[C@@H](O)[C@@H]1O[C@@H](O[C@@H]2[C@@H](O)[C@H](Oc3ccc([N+](=O)[O-])cc3)O[C@H]2[C@H](O)CO)[C@H](O)[C@H]1O. The maximum atomic E-state index is 10.7. The Morgan fingerprint density at radius 1 is 1.03 bits per heavy atom. The van der Waals surface area contributed by atoms with Crippen LogP contribution in [0.4, 0.5) is 5.69 Å². The van der Waals surface area contributed by atoms with Gasteiger partial charge in [-0.05, 0) is 19.1 Å². The number of nitro groups is 1. The second kappa shape index (κ2) is 9.68. The predicted octanol–water partition coefficient (Wildman–Crippen LogP) is -2.37. The Balaban J connectivity index is 1.73. The van der Waals surface area contributed by atoms with Crippen LogP contribution in [0.25, 0.3) is 0 Å². The molecule has 2 aliphatic rings. The first-order chi connectivity index (χ1) is 14.6. The fourth-order valence-electron chi connectivity index (χ4n) is 3.45. The molecule has 0 bridgehead atoms. The zero-order chi connectivity index (χ0) is 22.9. The number of ether oxygens (including phenoxy) is 4. The van der Waals surface area contributed by atoms with Gasteiger partial charge in [-0.2, -0.15) is 0 Å². The molecule has 13 heteroatoms. The molecule has 10 atom stereocenters. The van der Waals surface area contributed by atoms with Crippen molar-refractivity contribution in [1.82, 2.24) is 0 Å². The van der Waals surface area contributed by atoms with Gasteiger partial charge in [0.25, 0.3) is 5.69 Å². The van der Waals surface area contributed by atoms with E-state index in [9.17, 15) is 40.8 Å². The molecule has 0 amide bonds. The molecular weight excluding hydrogens is 422 g/mol. The Bertz CT molecular complexity index is 746. The smallest absolute Gasteiger partial charge is 0.269 e. The first kappa shape index (κ1) is 23.7. The summed E-state index contributed by atoms with van der Waals surface area (Å²) in [6, 6.07) is 4.94. The third-order valence-electron chi connectivity index (χ3n) is 5.12. The molecule has 0 spiro atoms. The summed E-state index contributed by atoms with van der Waals surface area (Å²) in [4.78, 5) is 10.2. The average Bonchev–Trinajstić information content (AvgIpc) is 3.20. The summed E-state index contributed by atoms with van der Waals surface area (Å²) >= 11 is 0. The fourth-order valence-corrected chi connectivity index (χ4v) is 3.45. The normalized spacial score (nSPS) is 37.5. The molecule has 174 valence electrons. The summed E-state index contributed by atoms with van der Waals surface area (Å²) in [6.45, 7) is 0.609. The second-order valence-electron chi connectivity index (χ2n) is 7.37. The zero-order valence-electron chi connectivity index (χ0n) is 16.4. The van der Waals surface area contributed by atoms with Gasteiger partial charge in [0, 0.05) is 12.1 Å². The van der Waals surface area contributed by atoms with Gasteiger partial charge in [-0.15, -0.1) is 0 Å². The molecule has 1 aromatic rings. The van der Waals surface area contributed by atoms with Crippen molar-refractivity contribution in [2.75, 3.05) is 6.61 Å². The van der Waals surface area contributed by atoms with Gasteiger partial charge < -0.3 is 49.6 Å². The molecule has 6 N–H and O–H groups in total. The molecule has 0 unspecified atom stereocenters. The van der Waals surface area contributed by atoms with Crippen LogP contribution in [0.5, 0.6) is 5.75 Å². The van der Waals surface area contributed by atoms with Crippen LogP contribution in [0.15, 0.2) is 24.3 Å². The highest BCUT2D eigenvalue weighted by Gasteiger charge is 2.53. The van der Waals surface area contributed by atoms with Crippen LogP contribution in [0.2, 0.25) is 0 Å². The van der Waals surface area contributed by atoms with E-state index in [4.69, 9.17) is 18.9 Å². The van der Waals surface area contributed by atoms with Gasteiger partial charge in [0.2, 0.25) is 6.29 Å². The van der Waals surface area contributed by atoms with Gasteiger partial charge in [0.15, 0.2) is 6.29 Å². The topological polar surface area (TPSA) is 201 Å². The Kier molecular flexibility index (Phi) is 7.41. The third kappa shape index (κ3) is 4.95. The minimum atomic E-state index is -1.56. The molecule has 13 nitrogen and oxygen atoms in total. The average molecular weight is 447 g/mol. The Labute approximate surface area is 176 Å². The standard InChI is InChI=1S/C18H25NO12/c1-7(21)14-11(23)12(24)17(29-14)31-16-13(25)18(30-15(16)10(22)6-20)28-9-4-2-8(3-5-9)19(26)27/h2-5,7,10-18,20-25H,6H2,1H3/t7-,10-,11-,12-,13-,14+,15+,16-,17+,18-/m1/s1. The first-order valence-corrected chi connectivity index (χ1v) is 9.52. The van der Waals surface area contributed by atoms with Crippen molar-refractivity contribution >= 4 is 5.69 Å². The number of non-ortho nitro benzene ring substituents is 1. The number of nitro benzene ring substituents is 1. The highest BCUT2D eigenvalue weighted by atomic mass is 16.8. The molecule has 2 heterocycles. The van der Waals surface area contributed by atoms with Gasteiger partial charge in [-0.25, -0.2) is 0 Å². The number of aliphatic hydroxyl groups is 6. The fraction of sp³-hybridized carbons (Fsp3) is 0.667. The highest BCUT2D eigenvalue weighted by molar-refractivity contribution is 5.36. The quantitative estimate of drug-likeness (QED) is 0.183. The van der Waals surface area contributed by atoms with E-state index in [-0.39, 0.29) is 11.4 Å². The molecule has 0 aliphatic carbocycles. The van der Waals surface area contributed by atoms with Crippen molar-refractivity contribution in [3.63, 3.8) is 0 Å². The number of rotatable bonds is 8. The summed E-state index contributed by atoms with van der Waals surface area (Å²) in [7, 11) is 0. The van der Waals surface area contributed by atoms with Crippen molar-refractivity contribution in [2.45, 2.75) is 68.3 Å². The minimum absolute atomic E-state index is 0.120. The Morgan fingerprint density at radius 3 is 2.16 bits per heavy atom. The molecule has 2 saturated heterocycles. The molecule has 0 radical (unpaired) electrons. The van der Waals surface area contributed by atoms with Gasteiger partial charge >= 0.3 is 0 Å². The summed E-state index contributed by atoms with van der Waals surface area (Å²) in [5.74, 6) is 0.120. The van der Waals surface area contributed by atoms with E-state index in [0.717, 1.165) is 0 Å². The van der Waals surface area contributed by atoms with E-state index < -0.39 is 72.9 Å². The van der Waals surface area contributed by atoms with Crippen molar-refractivity contribution in [3.05, 3.63) is 34.4 Å². The van der Waals surface area contributed by atoms with Gasteiger partial charge in [0.1, 0.15) is 48.5 Å². The van der Waals surface area contributed by atoms with E-state index in [0.29, 0.717) is 0 Å². The maximum Gasteiger partial charge on any atom is 0.269 e. The monoisotopic (exact) mass is 447 g/mol. The van der Waals surface area contributed by atoms with Crippen LogP contribution in [0, 0.1) is 10.1 Å². The van der Waals surface area contributed by atoms with Gasteiger partial charge in [0.05, 0.1) is 17.6 Å². The minimum Gasteiger partial charge on any atom is -0.462 e. The zero-order valence-corrected chi connectivity index (χ0v) is 16.4. The van der Waals surface area contributed by atoms with Crippen LogP contribution in [0.3, 0.4) is 0 Å². The number of benzene rings is 1. The lowest BCUT2D eigenvalue weighted by Crippen LogP contribution is -2.46. The first-order valence-electron chi connectivity index (χ1n) is 9.52. The Hall–Kier alpha value is -1.94. The van der Waals surface area contributed by atoms with Crippen molar-refractivity contribution < 1.29 is 54.5 Å². The highest BCUT2D eigenvalue weighted by Crippen LogP contribution is 2.33. The summed E-state index contributed by atoms with van der Waals surface area (Å²) in [5, 5.41) is 70.5. The van der Waals surface area contributed by atoms with Crippen LogP contribution >= 0.6 is 0 Å². The van der Waals surface area contributed by atoms with E-state index in [1.165, 1.54) is 31.2 Å². The lowest BCUT2D eigenvalue weighted by atomic mass is 10.1. The molecule has 0 aromatic heterocycles. The molecule has 2 fully saturated rings. The largest absolute Gasteiger partial charge is 0.462 e. The van der Waals surface area contributed by atoms with E-state index >= 15 is 0 Å². The molecule has 0 saturated carbocycles. The van der Waals surface area contributed by atoms with Crippen molar-refractivity contribution in [1.29, 1.82) is 0 Å². The predicted molar refractivity (Wildman–Crippen MR) is 98.7 cm³/mol.